The second-order valence-electron chi connectivity index (χ2n) is 4.62. The van der Waals surface area contributed by atoms with Gasteiger partial charge in [-0.3, -0.25) is 0 Å². The molecule has 2 nitrogen and oxygen atoms in total. The van der Waals surface area contributed by atoms with E-state index < -0.39 is 0 Å². The Bertz CT molecular complexity index is 571. The molecule has 0 saturated heterocycles. The Hall–Kier alpha value is -1.39. The van der Waals surface area contributed by atoms with E-state index in [-0.39, 0.29) is 17.6 Å². The molecule has 0 spiro atoms. The summed E-state index contributed by atoms with van der Waals surface area (Å²) < 4.78 is 19.4. The lowest BCUT2D eigenvalue weighted by Gasteiger charge is -2.15. The predicted octanol–water partition coefficient (Wildman–Crippen LogP) is 4.45. The summed E-state index contributed by atoms with van der Waals surface area (Å²) in [4.78, 5) is 0. The van der Waals surface area contributed by atoms with Crippen molar-refractivity contribution in [2.24, 2.45) is 0 Å². The van der Waals surface area contributed by atoms with Gasteiger partial charge in [-0.05, 0) is 42.3 Å². The molecule has 0 radical (unpaired) electrons. The zero-order valence-corrected chi connectivity index (χ0v) is 13.1. The highest BCUT2D eigenvalue weighted by molar-refractivity contribution is 9.10. The average Bonchev–Trinajstić information content (AvgIpc) is 2.47. The van der Waals surface area contributed by atoms with Crippen molar-refractivity contribution in [1.29, 1.82) is 0 Å². The van der Waals surface area contributed by atoms with Crippen molar-refractivity contribution >= 4 is 15.9 Å². The summed E-state index contributed by atoms with van der Waals surface area (Å²) in [5.41, 5.74) is 2.20. The number of methoxy groups -OCH3 is 1. The number of benzene rings is 2. The maximum Gasteiger partial charge on any atom is 0.165 e. The lowest BCUT2D eigenvalue weighted by atomic mass is 10.1. The number of hydrogen-bond donors (Lipinski definition) is 1. The first-order valence-electron chi connectivity index (χ1n) is 6.41. The third-order valence-electron chi connectivity index (χ3n) is 3.20. The molecule has 0 aromatic heterocycles. The van der Waals surface area contributed by atoms with Crippen LogP contribution in [-0.2, 0) is 6.54 Å². The van der Waals surface area contributed by atoms with Crippen molar-refractivity contribution in [3.05, 3.63) is 63.9 Å². The molecule has 2 rings (SSSR count). The normalized spacial score (nSPS) is 12.2. The van der Waals surface area contributed by atoms with Crippen LogP contribution >= 0.6 is 15.9 Å². The maximum atomic E-state index is 13.4. The molecule has 1 atom stereocenters. The average molecular weight is 338 g/mol. The number of halogens is 2. The molecule has 0 saturated carbocycles. The Morgan fingerprint density at radius 2 is 1.90 bits per heavy atom. The van der Waals surface area contributed by atoms with Crippen LogP contribution in [0.1, 0.15) is 24.1 Å². The van der Waals surface area contributed by atoms with Crippen LogP contribution in [0.3, 0.4) is 0 Å². The molecule has 0 bridgehead atoms. The molecule has 1 N–H and O–H groups in total. The van der Waals surface area contributed by atoms with Crippen molar-refractivity contribution in [1.82, 2.24) is 5.32 Å². The minimum absolute atomic E-state index is 0.119. The van der Waals surface area contributed by atoms with Gasteiger partial charge in [-0.1, -0.05) is 34.1 Å². The summed E-state index contributed by atoms with van der Waals surface area (Å²) in [7, 11) is 1.47. The third-order valence-corrected chi connectivity index (χ3v) is 3.73. The van der Waals surface area contributed by atoms with E-state index >= 15 is 0 Å². The van der Waals surface area contributed by atoms with Crippen LogP contribution in [0.15, 0.2) is 46.9 Å². The number of nitrogens with one attached hydrogen (secondary N) is 1. The molecule has 2 aromatic rings. The summed E-state index contributed by atoms with van der Waals surface area (Å²) in [5.74, 6) is -0.0591. The van der Waals surface area contributed by atoms with Gasteiger partial charge in [0.1, 0.15) is 0 Å². The van der Waals surface area contributed by atoms with Gasteiger partial charge in [0.15, 0.2) is 11.6 Å². The van der Waals surface area contributed by atoms with Gasteiger partial charge >= 0.3 is 0 Å². The predicted molar refractivity (Wildman–Crippen MR) is 82.3 cm³/mol. The first kappa shape index (κ1) is 15.0. The van der Waals surface area contributed by atoms with Gasteiger partial charge in [0.2, 0.25) is 0 Å². The van der Waals surface area contributed by atoms with Crippen LogP contribution in [0.5, 0.6) is 5.75 Å². The number of hydrogen-bond acceptors (Lipinski definition) is 2. The van der Waals surface area contributed by atoms with Crippen molar-refractivity contribution in [2.75, 3.05) is 7.11 Å². The number of ether oxygens (including phenoxy) is 1. The van der Waals surface area contributed by atoms with Crippen LogP contribution in [-0.4, -0.2) is 7.11 Å². The molecule has 0 heterocycles. The molecule has 0 amide bonds. The van der Waals surface area contributed by atoms with E-state index in [1.165, 1.54) is 18.7 Å². The molecule has 0 fully saturated rings. The van der Waals surface area contributed by atoms with E-state index in [1.54, 1.807) is 12.1 Å². The van der Waals surface area contributed by atoms with Crippen molar-refractivity contribution in [3.8, 4) is 5.75 Å². The molecular formula is C16H17BrFNO. The Morgan fingerprint density at radius 1 is 1.20 bits per heavy atom. The molecule has 0 aliphatic rings. The fourth-order valence-electron chi connectivity index (χ4n) is 1.94. The fourth-order valence-corrected chi connectivity index (χ4v) is 2.20. The van der Waals surface area contributed by atoms with Gasteiger partial charge in [-0.2, -0.15) is 0 Å². The Labute approximate surface area is 127 Å². The number of rotatable bonds is 5. The highest BCUT2D eigenvalue weighted by atomic mass is 79.9. The molecular weight excluding hydrogens is 321 g/mol. The molecule has 2 aromatic carbocycles. The zero-order valence-electron chi connectivity index (χ0n) is 11.5. The Balaban J connectivity index is 2.01. The molecule has 1 unspecified atom stereocenters. The van der Waals surface area contributed by atoms with Crippen LogP contribution < -0.4 is 10.1 Å². The Kier molecular flexibility index (Phi) is 5.15. The first-order valence-corrected chi connectivity index (χ1v) is 7.20. The van der Waals surface area contributed by atoms with E-state index in [9.17, 15) is 4.39 Å². The second kappa shape index (κ2) is 6.86. The first-order chi connectivity index (χ1) is 9.60. The monoisotopic (exact) mass is 337 g/mol. The van der Waals surface area contributed by atoms with Crippen molar-refractivity contribution in [2.45, 2.75) is 19.5 Å². The van der Waals surface area contributed by atoms with Crippen LogP contribution in [0, 0.1) is 5.82 Å². The SMILES string of the molecule is COc1cc(C(C)NCc2ccc(Br)cc2)ccc1F. The Morgan fingerprint density at radius 3 is 2.55 bits per heavy atom. The quantitative estimate of drug-likeness (QED) is 0.870. The van der Waals surface area contributed by atoms with Gasteiger partial charge < -0.3 is 10.1 Å². The standard InChI is InChI=1S/C16H17BrFNO/c1-11(13-5-8-15(18)16(9-13)20-2)19-10-12-3-6-14(17)7-4-12/h3-9,11,19H,10H2,1-2H3. The molecule has 4 heteroatoms. The molecule has 0 aliphatic heterocycles. The van der Waals surface area contributed by atoms with E-state index in [0.29, 0.717) is 0 Å². The lowest BCUT2D eigenvalue weighted by molar-refractivity contribution is 0.385. The molecule has 0 aliphatic carbocycles. The highest BCUT2D eigenvalue weighted by Gasteiger charge is 2.09. The minimum atomic E-state index is -0.337. The minimum Gasteiger partial charge on any atom is -0.494 e. The summed E-state index contributed by atoms with van der Waals surface area (Å²) in [5, 5.41) is 3.41. The van der Waals surface area contributed by atoms with E-state index in [1.807, 2.05) is 19.1 Å². The van der Waals surface area contributed by atoms with E-state index in [0.717, 1.165) is 16.6 Å². The van der Waals surface area contributed by atoms with Gasteiger partial charge in [0, 0.05) is 17.1 Å². The van der Waals surface area contributed by atoms with Crippen molar-refractivity contribution < 1.29 is 9.13 Å². The van der Waals surface area contributed by atoms with Gasteiger partial charge in [-0.15, -0.1) is 0 Å². The largest absolute Gasteiger partial charge is 0.494 e. The van der Waals surface area contributed by atoms with Gasteiger partial charge in [0.25, 0.3) is 0 Å². The third kappa shape index (κ3) is 3.81. The zero-order chi connectivity index (χ0) is 14.5. The second-order valence-corrected chi connectivity index (χ2v) is 5.54. The summed E-state index contributed by atoms with van der Waals surface area (Å²) in [6, 6.07) is 13.2. The van der Waals surface area contributed by atoms with Crippen LogP contribution in [0.25, 0.3) is 0 Å². The van der Waals surface area contributed by atoms with E-state index in [2.05, 4.69) is 33.4 Å². The maximum absolute atomic E-state index is 13.4. The molecule has 20 heavy (non-hydrogen) atoms. The van der Waals surface area contributed by atoms with Gasteiger partial charge in [0.05, 0.1) is 7.11 Å². The fraction of sp³-hybridized carbons (Fsp3) is 0.250. The lowest BCUT2D eigenvalue weighted by Crippen LogP contribution is -2.18. The van der Waals surface area contributed by atoms with Crippen LogP contribution in [0.4, 0.5) is 4.39 Å². The van der Waals surface area contributed by atoms with E-state index in [4.69, 9.17) is 4.74 Å². The van der Waals surface area contributed by atoms with Crippen molar-refractivity contribution in [3.63, 3.8) is 0 Å². The summed E-state index contributed by atoms with van der Waals surface area (Å²) >= 11 is 3.42. The summed E-state index contributed by atoms with van der Waals surface area (Å²) in [6.07, 6.45) is 0. The molecule has 106 valence electrons. The smallest absolute Gasteiger partial charge is 0.165 e. The van der Waals surface area contributed by atoms with Gasteiger partial charge in [-0.25, -0.2) is 4.39 Å². The highest BCUT2D eigenvalue weighted by Crippen LogP contribution is 2.22. The summed E-state index contributed by atoms with van der Waals surface area (Å²) in [6.45, 7) is 2.81. The topological polar surface area (TPSA) is 21.3 Å². The van der Waals surface area contributed by atoms with Crippen LogP contribution in [0.2, 0.25) is 0 Å².